The molecule has 1 aromatic carbocycles. The number of amides is 1. The van der Waals surface area contributed by atoms with Crippen molar-refractivity contribution in [3.63, 3.8) is 0 Å². The van der Waals surface area contributed by atoms with Crippen LogP contribution in [-0.2, 0) is 17.8 Å². The number of nitrogens with one attached hydrogen (secondary N) is 1. The van der Waals surface area contributed by atoms with Gasteiger partial charge in [0.15, 0.2) is 18.5 Å². The molecule has 1 N–H and O–H groups in total. The van der Waals surface area contributed by atoms with Gasteiger partial charge in [0.25, 0.3) is 5.91 Å². The average Bonchev–Trinajstić information content (AvgIpc) is 2.95. The third-order valence-electron chi connectivity index (χ3n) is 7.11. The van der Waals surface area contributed by atoms with Gasteiger partial charge in [0, 0.05) is 31.2 Å². The van der Waals surface area contributed by atoms with E-state index in [2.05, 4.69) is 36.0 Å². The lowest BCUT2D eigenvalue weighted by molar-refractivity contribution is -0.700. The van der Waals surface area contributed by atoms with Gasteiger partial charge in [0.1, 0.15) is 18.0 Å². The fraction of sp³-hybridized carbons (Fsp3) is 0.636. The van der Waals surface area contributed by atoms with Crippen LogP contribution in [-0.4, -0.2) is 25.7 Å². The van der Waals surface area contributed by atoms with Crippen molar-refractivity contribution < 1.29 is 18.8 Å². The van der Waals surface area contributed by atoms with E-state index < -0.39 is 0 Å². The molecule has 2 aromatic rings. The first-order valence-corrected chi connectivity index (χ1v) is 15.8. The van der Waals surface area contributed by atoms with E-state index in [0.717, 1.165) is 19.4 Å². The Bertz CT molecular complexity index is 922. The fourth-order valence-electron chi connectivity index (χ4n) is 4.74. The Hall–Kier alpha value is -2.27. The minimum absolute atomic E-state index is 0.0435. The first-order valence-electron chi connectivity index (χ1n) is 15.4. The predicted octanol–water partition coefficient (Wildman–Crippen LogP) is 8.25. The summed E-state index contributed by atoms with van der Waals surface area (Å²) in [6.45, 7) is 6.49. The van der Waals surface area contributed by atoms with Crippen molar-refractivity contribution in [2.45, 2.75) is 117 Å². The summed E-state index contributed by atoms with van der Waals surface area (Å²) in [5.41, 5.74) is 1.19. The van der Waals surface area contributed by atoms with Gasteiger partial charge in [0.2, 0.25) is 0 Å². The quantitative estimate of drug-likeness (QED) is 0.110. The highest BCUT2D eigenvalue weighted by atomic mass is 35.5. The van der Waals surface area contributed by atoms with E-state index in [9.17, 15) is 4.79 Å². The molecule has 6 heteroatoms. The minimum atomic E-state index is -0.150. The molecule has 0 saturated carbocycles. The van der Waals surface area contributed by atoms with Crippen molar-refractivity contribution in [1.29, 1.82) is 0 Å². The van der Waals surface area contributed by atoms with Crippen molar-refractivity contribution in [3.05, 3.63) is 53.3 Å². The Labute approximate surface area is 242 Å². The van der Waals surface area contributed by atoms with E-state index in [1.165, 1.54) is 89.2 Å². The predicted molar refractivity (Wildman–Crippen MR) is 162 cm³/mol. The molecule has 39 heavy (non-hydrogen) atoms. The molecule has 0 atom stereocenters. The van der Waals surface area contributed by atoms with Crippen LogP contribution in [0.2, 0.25) is 5.02 Å². The molecule has 1 amide bonds. The van der Waals surface area contributed by atoms with Crippen LogP contribution in [0.15, 0.2) is 42.6 Å². The fourth-order valence-corrected chi connectivity index (χ4v) is 4.97. The summed E-state index contributed by atoms with van der Waals surface area (Å²) in [5.74, 6) is 1.07. The average molecular weight is 560 g/mol. The number of pyridine rings is 1. The summed E-state index contributed by atoms with van der Waals surface area (Å²) in [5, 5.41) is 3.42. The van der Waals surface area contributed by atoms with Gasteiger partial charge in [-0.05, 0) is 25.5 Å². The summed E-state index contributed by atoms with van der Waals surface area (Å²) in [4.78, 5) is 12.2. The van der Waals surface area contributed by atoms with E-state index in [-0.39, 0.29) is 12.5 Å². The molecular weight excluding hydrogens is 508 g/mol. The molecule has 0 radical (unpaired) electrons. The lowest BCUT2D eigenvalue weighted by atomic mass is 10.0. The first-order chi connectivity index (χ1) is 19.1. The van der Waals surface area contributed by atoms with Crippen LogP contribution in [0.1, 0.15) is 109 Å². The number of unbranched alkanes of at least 4 members (excludes halogenated alkanes) is 13. The highest BCUT2D eigenvalue weighted by Crippen LogP contribution is 2.29. The van der Waals surface area contributed by atoms with Crippen LogP contribution >= 0.6 is 11.6 Å². The number of aromatic nitrogens is 1. The van der Waals surface area contributed by atoms with Crippen LogP contribution in [0.5, 0.6) is 11.5 Å². The molecule has 0 fully saturated rings. The van der Waals surface area contributed by atoms with E-state index in [4.69, 9.17) is 21.1 Å². The second kappa shape index (κ2) is 21.5. The molecule has 0 aliphatic heterocycles. The SMILES string of the molecule is CCCCCCCCCCCCCCCCOc1ccc(OCC(=O)NCCc2cccc[n+]2CC)cc1Cl. The Morgan fingerprint density at radius 3 is 2.08 bits per heavy atom. The van der Waals surface area contributed by atoms with Crippen LogP contribution in [0.3, 0.4) is 0 Å². The lowest BCUT2D eigenvalue weighted by Gasteiger charge is -2.11. The van der Waals surface area contributed by atoms with E-state index in [1.54, 1.807) is 12.1 Å². The van der Waals surface area contributed by atoms with Gasteiger partial charge in [-0.3, -0.25) is 4.79 Å². The number of hydrogen-bond acceptors (Lipinski definition) is 3. The van der Waals surface area contributed by atoms with E-state index in [1.807, 2.05) is 18.2 Å². The van der Waals surface area contributed by atoms with E-state index >= 15 is 0 Å². The Morgan fingerprint density at radius 2 is 1.46 bits per heavy atom. The number of benzene rings is 1. The molecule has 0 bridgehead atoms. The minimum Gasteiger partial charge on any atom is -0.492 e. The summed E-state index contributed by atoms with van der Waals surface area (Å²) < 4.78 is 13.7. The number of halogens is 1. The molecule has 0 saturated heterocycles. The van der Waals surface area contributed by atoms with Gasteiger partial charge in [0.05, 0.1) is 11.6 Å². The standard InChI is InChI=1S/C33H51ClN2O3/c1-3-5-6-7-8-9-10-11-12-13-14-15-16-19-26-38-32-22-21-30(27-31(32)34)39-28-33(37)35-24-23-29-20-17-18-25-36(29)4-2/h17-18,20-22,25,27H,3-16,19,23-24,26,28H2,1-2H3/p+1. The first kappa shape index (κ1) is 32.9. The molecule has 0 aliphatic carbocycles. The summed E-state index contributed by atoms with van der Waals surface area (Å²) in [7, 11) is 0. The maximum absolute atomic E-state index is 12.2. The number of aryl methyl sites for hydroxylation is 1. The lowest BCUT2D eigenvalue weighted by Crippen LogP contribution is -2.39. The number of nitrogens with zero attached hydrogens (tertiary/aromatic N) is 1. The normalized spacial score (nSPS) is 10.9. The molecule has 0 aliphatic rings. The van der Waals surface area contributed by atoms with Gasteiger partial charge in [-0.15, -0.1) is 0 Å². The van der Waals surface area contributed by atoms with Crippen LogP contribution in [0.25, 0.3) is 0 Å². The number of carbonyl (C=O) groups is 1. The van der Waals surface area contributed by atoms with Crippen LogP contribution in [0, 0.1) is 0 Å². The molecule has 1 aromatic heterocycles. The monoisotopic (exact) mass is 559 g/mol. The van der Waals surface area contributed by atoms with Gasteiger partial charge in [-0.2, -0.15) is 0 Å². The summed E-state index contributed by atoms with van der Waals surface area (Å²) in [6.07, 6.45) is 21.6. The number of hydrogen-bond donors (Lipinski definition) is 1. The third-order valence-corrected chi connectivity index (χ3v) is 7.40. The van der Waals surface area contributed by atoms with Crippen molar-refractivity contribution in [3.8, 4) is 11.5 Å². The second-order valence-corrected chi connectivity index (χ2v) is 10.8. The van der Waals surface area contributed by atoms with Gasteiger partial charge in [-0.25, -0.2) is 4.57 Å². The zero-order valence-corrected chi connectivity index (χ0v) is 25.3. The molecule has 0 spiro atoms. The van der Waals surface area contributed by atoms with Crippen molar-refractivity contribution in [2.75, 3.05) is 19.8 Å². The Balaban J connectivity index is 1.48. The zero-order chi connectivity index (χ0) is 28.0. The van der Waals surface area contributed by atoms with Crippen molar-refractivity contribution >= 4 is 17.5 Å². The maximum Gasteiger partial charge on any atom is 0.257 e. The Morgan fingerprint density at radius 1 is 0.821 bits per heavy atom. The zero-order valence-electron chi connectivity index (χ0n) is 24.5. The maximum atomic E-state index is 12.2. The molecule has 218 valence electrons. The Kier molecular flexibility index (Phi) is 18.2. The van der Waals surface area contributed by atoms with Crippen LogP contribution < -0.4 is 19.4 Å². The van der Waals surface area contributed by atoms with Gasteiger partial charge in [-0.1, -0.05) is 108 Å². The van der Waals surface area contributed by atoms with Crippen molar-refractivity contribution in [1.82, 2.24) is 5.32 Å². The largest absolute Gasteiger partial charge is 0.492 e. The number of rotatable bonds is 23. The van der Waals surface area contributed by atoms with Gasteiger partial charge < -0.3 is 14.8 Å². The summed E-state index contributed by atoms with van der Waals surface area (Å²) >= 11 is 6.38. The highest BCUT2D eigenvalue weighted by molar-refractivity contribution is 6.32. The summed E-state index contributed by atoms with van der Waals surface area (Å²) in [6, 6.07) is 11.4. The molecule has 0 unspecified atom stereocenters. The second-order valence-electron chi connectivity index (χ2n) is 10.4. The molecule has 2 rings (SSSR count). The number of ether oxygens (including phenoxy) is 2. The smallest absolute Gasteiger partial charge is 0.257 e. The highest BCUT2D eigenvalue weighted by Gasteiger charge is 2.10. The van der Waals surface area contributed by atoms with Crippen molar-refractivity contribution in [2.24, 2.45) is 0 Å². The molecular formula is C33H52ClN2O3+. The molecule has 1 heterocycles. The van der Waals surface area contributed by atoms with Gasteiger partial charge >= 0.3 is 0 Å². The topological polar surface area (TPSA) is 51.4 Å². The van der Waals surface area contributed by atoms with E-state index in [0.29, 0.717) is 29.7 Å². The molecule has 5 nitrogen and oxygen atoms in total. The van der Waals surface area contributed by atoms with Crippen LogP contribution in [0.4, 0.5) is 0 Å². The number of carbonyl (C=O) groups excluding carboxylic acids is 1. The third kappa shape index (κ3) is 15.2.